The van der Waals surface area contributed by atoms with Crippen LogP contribution in [0.15, 0.2) is 23.3 Å². The molecule has 148 valence electrons. The Labute approximate surface area is 160 Å². The third kappa shape index (κ3) is 3.81. The summed E-state index contributed by atoms with van der Waals surface area (Å²) in [6.07, 6.45) is 11.7. The molecule has 2 aliphatic carbocycles. The molecule has 1 aliphatic heterocycles. The predicted octanol–water partition coefficient (Wildman–Crippen LogP) is 5.86. The molecule has 0 radical (unpaired) electrons. The summed E-state index contributed by atoms with van der Waals surface area (Å²) in [6.45, 7) is 12.2. The minimum Gasteiger partial charge on any atom is -0.359 e. The average Bonchev–Trinajstić information content (AvgIpc) is 2.84. The number of rotatable bonds is 3. The van der Waals surface area contributed by atoms with Crippen molar-refractivity contribution in [2.75, 3.05) is 13.9 Å². The predicted molar refractivity (Wildman–Crippen MR) is 106 cm³/mol. The molecule has 0 aromatic heterocycles. The van der Waals surface area contributed by atoms with Crippen molar-refractivity contribution in [2.45, 2.75) is 85.0 Å². The summed E-state index contributed by atoms with van der Waals surface area (Å²) in [5.74, 6) is 1.62. The molecule has 5 atom stereocenters. The fourth-order valence-corrected chi connectivity index (χ4v) is 6.05. The molecule has 2 bridgehead atoms. The number of fused-ring (bicyclic) bond motifs is 1. The summed E-state index contributed by atoms with van der Waals surface area (Å²) in [5, 5.41) is 0. The maximum absolute atomic E-state index is 6.60. The summed E-state index contributed by atoms with van der Waals surface area (Å²) in [7, 11) is 1.69. The Bertz CT molecular complexity index is 562. The first-order valence-electron chi connectivity index (χ1n) is 10.4. The van der Waals surface area contributed by atoms with E-state index in [4.69, 9.17) is 14.2 Å². The summed E-state index contributed by atoms with van der Waals surface area (Å²) < 4.78 is 17.8. The van der Waals surface area contributed by atoms with Gasteiger partial charge in [-0.15, -0.1) is 0 Å². The zero-order valence-electron chi connectivity index (χ0n) is 17.6. The Morgan fingerprint density at radius 2 is 1.92 bits per heavy atom. The van der Waals surface area contributed by atoms with E-state index in [1.807, 2.05) is 0 Å². The van der Waals surface area contributed by atoms with Gasteiger partial charge in [0.2, 0.25) is 0 Å². The first-order chi connectivity index (χ1) is 12.3. The second kappa shape index (κ2) is 7.77. The topological polar surface area (TPSA) is 27.7 Å². The molecule has 26 heavy (non-hydrogen) atoms. The van der Waals surface area contributed by atoms with Gasteiger partial charge in [0.15, 0.2) is 6.29 Å². The molecule has 3 aliphatic rings. The molecule has 0 spiro atoms. The summed E-state index contributed by atoms with van der Waals surface area (Å²) in [4.78, 5) is 0. The minimum atomic E-state index is -0.161. The molecule has 2 fully saturated rings. The molecule has 1 saturated carbocycles. The Kier molecular flexibility index (Phi) is 6.01. The van der Waals surface area contributed by atoms with Crippen molar-refractivity contribution in [3.05, 3.63) is 23.3 Å². The van der Waals surface area contributed by atoms with Crippen molar-refractivity contribution in [3.8, 4) is 0 Å². The standard InChI is InChI=1S/C23H38O3/c1-16-8-7-9-17(2)14-19-20-22(3,4)18(11-10-16)12-13-23(20,5)26-21(19)25-15-24-6/h9-10,18-21H,7-8,11-15H2,1-6H3/b16-10+,17-9+/t18-,19-,20+,21?,23-/m0/s1. The molecule has 0 aromatic rings. The lowest BCUT2D eigenvalue weighted by Crippen LogP contribution is -2.51. The van der Waals surface area contributed by atoms with Gasteiger partial charge in [-0.25, -0.2) is 0 Å². The number of hydrogen-bond donors (Lipinski definition) is 0. The van der Waals surface area contributed by atoms with Crippen LogP contribution in [0.1, 0.15) is 73.1 Å². The van der Waals surface area contributed by atoms with Gasteiger partial charge in [-0.1, -0.05) is 37.1 Å². The average molecular weight is 363 g/mol. The van der Waals surface area contributed by atoms with E-state index in [0.717, 1.165) is 19.3 Å². The number of ether oxygens (including phenoxy) is 3. The quantitative estimate of drug-likeness (QED) is 0.465. The van der Waals surface area contributed by atoms with Gasteiger partial charge in [0.05, 0.1) is 5.60 Å². The van der Waals surface area contributed by atoms with E-state index >= 15 is 0 Å². The van der Waals surface area contributed by atoms with E-state index in [9.17, 15) is 0 Å². The van der Waals surface area contributed by atoms with E-state index < -0.39 is 0 Å². The fraction of sp³-hybridized carbons (Fsp3) is 0.826. The van der Waals surface area contributed by atoms with Crippen molar-refractivity contribution >= 4 is 0 Å². The highest BCUT2D eigenvalue weighted by Crippen LogP contribution is 2.61. The highest BCUT2D eigenvalue weighted by Gasteiger charge is 2.61. The SMILES string of the molecule is COCOC1O[C@@]2(C)CC[C@@H]3C/C=C(\C)CC/C=C(\C)C[C@H]1[C@@H]2C3(C)C. The van der Waals surface area contributed by atoms with Crippen molar-refractivity contribution in [3.63, 3.8) is 0 Å². The number of allylic oxidation sites excluding steroid dienone is 4. The van der Waals surface area contributed by atoms with Gasteiger partial charge in [0, 0.05) is 18.9 Å². The van der Waals surface area contributed by atoms with Crippen LogP contribution >= 0.6 is 0 Å². The summed E-state index contributed by atoms with van der Waals surface area (Å²) in [5.41, 5.74) is 3.16. The lowest BCUT2D eigenvalue weighted by Gasteiger charge is -2.52. The van der Waals surface area contributed by atoms with Crippen LogP contribution in [0.3, 0.4) is 0 Å². The molecular formula is C23H38O3. The van der Waals surface area contributed by atoms with Gasteiger partial charge in [0.1, 0.15) is 6.79 Å². The van der Waals surface area contributed by atoms with Crippen molar-refractivity contribution in [1.82, 2.24) is 0 Å². The lowest BCUT2D eigenvalue weighted by atomic mass is 9.53. The molecule has 1 heterocycles. The number of hydrogen-bond acceptors (Lipinski definition) is 3. The third-order valence-electron chi connectivity index (χ3n) is 7.35. The molecule has 3 heteroatoms. The van der Waals surface area contributed by atoms with E-state index in [2.05, 4.69) is 46.8 Å². The normalized spacial score (nSPS) is 44.2. The van der Waals surface area contributed by atoms with Crippen LogP contribution in [0.25, 0.3) is 0 Å². The molecular weight excluding hydrogens is 324 g/mol. The smallest absolute Gasteiger partial charge is 0.164 e. The molecule has 0 amide bonds. The van der Waals surface area contributed by atoms with Crippen LogP contribution in [0.2, 0.25) is 0 Å². The first-order valence-corrected chi connectivity index (χ1v) is 10.4. The van der Waals surface area contributed by atoms with Crippen LogP contribution < -0.4 is 0 Å². The molecule has 3 rings (SSSR count). The molecule has 0 N–H and O–H groups in total. The second-order valence-electron chi connectivity index (χ2n) is 9.65. The van der Waals surface area contributed by atoms with Gasteiger partial charge in [0.25, 0.3) is 0 Å². The van der Waals surface area contributed by atoms with Crippen LogP contribution in [0.5, 0.6) is 0 Å². The Balaban J connectivity index is 1.98. The van der Waals surface area contributed by atoms with Crippen molar-refractivity contribution in [2.24, 2.45) is 23.2 Å². The zero-order chi connectivity index (χ0) is 18.9. The Morgan fingerprint density at radius 3 is 2.65 bits per heavy atom. The van der Waals surface area contributed by atoms with Crippen LogP contribution in [0.4, 0.5) is 0 Å². The Morgan fingerprint density at radius 1 is 1.15 bits per heavy atom. The largest absolute Gasteiger partial charge is 0.359 e. The Hall–Kier alpha value is -0.640. The zero-order valence-corrected chi connectivity index (χ0v) is 17.6. The van der Waals surface area contributed by atoms with E-state index in [0.29, 0.717) is 24.5 Å². The molecule has 1 saturated heterocycles. The van der Waals surface area contributed by atoms with Gasteiger partial charge in [-0.05, 0) is 70.6 Å². The fourth-order valence-electron chi connectivity index (χ4n) is 6.05. The van der Waals surface area contributed by atoms with Crippen molar-refractivity contribution < 1.29 is 14.2 Å². The summed E-state index contributed by atoms with van der Waals surface area (Å²) in [6, 6.07) is 0. The van der Waals surface area contributed by atoms with E-state index in [1.165, 1.54) is 24.8 Å². The highest BCUT2D eigenvalue weighted by molar-refractivity contribution is 5.14. The number of methoxy groups -OCH3 is 1. The van der Waals surface area contributed by atoms with Gasteiger partial charge in [-0.3, -0.25) is 0 Å². The monoisotopic (exact) mass is 362 g/mol. The van der Waals surface area contributed by atoms with Gasteiger partial charge >= 0.3 is 0 Å². The first kappa shape index (κ1) is 20.1. The van der Waals surface area contributed by atoms with Crippen LogP contribution in [-0.2, 0) is 14.2 Å². The van der Waals surface area contributed by atoms with Crippen LogP contribution in [-0.4, -0.2) is 25.8 Å². The highest BCUT2D eigenvalue weighted by atomic mass is 16.8. The van der Waals surface area contributed by atoms with E-state index in [-0.39, 0.29) is 17.3 Å². The minimum absolute atomic E-state index is 0.0910. The molecule has 1 unspecified atom stereocenters. The van der Waals surface area contributed by atoms with Gasteiger partial charge < -0.3 is 14.2 Å². The third-order valence-corrected chi connectivity index (χ3v) is 7.35. The molecule has 0 aromatic carbocycles. The maximum atomic E-state index is 6.60. The molecule has 3 nitrogen and oxygen atoms in total. The van der Waals surface area contributed by atoms with Crippen molar-refractivity contribution in [1.29, 1.82) is 0 Å². The van der Waals surface area contributed by atoms with Gasteiger partial charge in [-0.2, -0.15) is 0 Å². The second-order valence-corrected chi connectivity index (χ2v) is 9.65. The lowest BCUT2D eigenvalue weighted by molar-refractivity contribution is -0.217. The summed E-state index contributed by atoms with van der Waals surface area (Å²) >= 11 is 0. The van der Waals surface area contributed by atoms with E-state index in [1.54, 1.807) is 12.7 Å². The van der Waals surface area contributed by atoms with Crippen LogP contribution in [0, 0.1) is 23.2 Å². The maximum Gasteiger partial charge on any atom is 0.164 e.